The summed E-state index contributed by atoms with van der Waals surface area (Å²) in [6.45, 7) is 3.69. The van der Waals surface area contributed by atoms with E-state index in [9.17, 15) is 4.79 Å². The van der Waals surface area contributed by atoms with Crippen LogP contribution in [0.15, 0.2) is 54.6 Å². The van der Waals surface area contributed by atoms with Crippen molar-refractivity contribution in [2.45, 2.75) is 31.7 Å². The summed E-state index contributed by atoms with van der Waals surface area (Å²) in [5, 5.41) is 0. The minimum atomic E-state index is -0.535. The lowest BCUT2D eigenvalue weighted by molar-refractivity contribution is -0.138. The summed E-state index contributed by atoms with van der Waals surface area (Å²) in [6.07, 6.45) is 1.83. The van der Waals surface area contributed by atoms with Crippen molar-refractivity contribution < 1.29 is 4.79 Å². The smallest absolute Gasteiger partial charge is 0.238 e. The molecule has 1 heterocycles. The molecule has 23 heavy (non-hydrogen) atoms. The van der Waals surface area contributed by atoms with Gasteiger partial charge >= 0.3 is 0 Å². The first-order chi connectivity index (χ1) is 11.2. The second-order valence-corrected chi connectivity index (χ2v) is 7.17. The van der Waals surface area contributed by atoms with Crippen LogP contribution in [-0.2, 0) is 16.8 Å². The Morgan fingerprint density at radius 2 is 1.78 bits per heavy atom. The van der Waals surface area contributed by atoms with Gasteiger partial charge in [0.1, 0.15) is 5.41 Å². The molecule has 1 amide bonds. The molecular weight excluding hydrogens is 397 g/mol. The molecule has 2 aromatic carbocycles. The van der Waals surface area contributed by atoms with Crippen molar-refractivity contribution in [3.8, 4) is 0 Å². The number of carbonyl (C=O) groups excluding carboxylic acids is 1. The van der Waals surface area contributed by atoms with E-state index in [4.69, 9.17) is 0 Å². The highest BCUT2D eigenvalue weighted by Crippen LogP contribution is 2.43. The number of amides is 1. The monoisotopic (exact) mass is 419 g/mol. The van der Waals surface area contributed by atoms with Crippen LogP contribution in [0.1, 0.15) is 36.5 Å². The third-order valence-electron chi connectivity index (χ3n) is 4.72. The lowest BCUT2D eigenvalue weighted by Gasteiger charge is -2.43. The first-order valence-electron chi connectivity index (χ1n) is 8.23. The van der Waals surface area contributed by atoms with Gasteiger partial charge in [-0.05, 0) is 29.5 Å². The highest BCUT2D eigenvalue weighted by atomic mass is 127. The van der Waals surface area contributed by atoms with Crippen LogP contribution in [0.2, 0.25) is 0 Å². The van der Waals surface area contributed by atoms with Crippen molar-refractivity contribution in [3.05, 3.63) is 71.3 Å². The Balaban J connectivity index is 2.24. The van der Waals surface area contributed by atoms with E-state index in [0.29, 0.717) is 0 Å². The minimum absolute atomic E-state index is 0.265. The Labute approximate surface area is 152 Å². The van der Waals surface area contributed by atoms with Crippen LogP contribution >= 0.6 is 22.6 Å². The molecule has 1 aliphatic rings. The molecule has 0 radical (unpaired) electrons. The zero-order valence-electron chi connectivity index (χ0n) is 13.5. The summed E-state index contributed by atoms with van der Waals surface area (Å²) in [7, 11) is 0. The fourth-order valence-corrected chi connectivity index (χ4v) is 4.53. The van der Waals surface area contributed by atoms with Gasteiger partial charge in [0.2, 0.25) is 5.91 Å². The maximum atomic E-state index is 13.5. The zero-order chi connectivity index (χ0) is 16.3. The van der Waals surface area contributed by atoms with Crippen molar-refractivity contribution >= 4 is 28.5 Å². The largest absolute Gasteiger partial charge is 0.337 e. The molecule has 1 aliphatic heterocycles. The van der Waals surface area contributed by atoms with Gasteiger partial charge in [-0.15, -0.1) is 0 Å². The lowest BCUT2D eigenvalue weighted by atomic mass is 9.68. The molecule has 120 valence electrons. The number of alkyl halides is 1. The van der Waals surface area contributed by atoms with Crippen molar-refractivity contribution in [3.63, 3.8) is 0 Å². The summed E-state index contributed by atoms with van der Waals surface area (Å²) >= 11 is 2.39. The van der Waals surface area contributed by atoms with E-state index < -0.39 is 5.41 Å². The third kappa shape index (κ3) is 2.80. The number of fused-ring (bicyclic) bond motifs is 1. The molecule has 0 bridgehead atoms. The van der Waals surface area contributed by atoms with Gasteiger partial charge in [-0.1, -0.05) is 84.1 Å². The Kier molecular flexibility index (Phi) is 5.05. The Morgan fingerprint density at radius 3 is 2.48 bits per heavy atom. The average molecular weight is 419 g/mol. The lowest BCUT2D eigenvalue weighted by Crippen LogP contribution is -2.52. The molecule has 1 atom stereocenters. The molecule has 2 nitrogen and oxygen atoms in total. The van der Waals surface area contributed by atoms with Gasteiger partial charge in [0.05, 0.1) is 0 Å². The molecule has 0 saturated carbocycles. The maximum absolute atomic E-state index is 13.5. The van der Waals surface area contributed by atoms with Crippen LogP contribution in [0.3, 0.4) is 0 Å². The summed E-state index contributed by atoms with van der Waals surface area (Å²) in [4.78, 5) is 15.6. The second kappa shape index (κ2) is 7.04. The highest BCUT2D eigenvalue weighted by Gasteiger charge is 2.47. The predicted molar refractivity (Wildman–Crippen MR) is 103 cm³/mol. The van der Waals surface area contributed by atoms with Crippen LogP contribution in [0, 0.1) is 0 Å². The Hall–Kier alpha value is -1.36. The third-order valence-corrected chi connectivity index (χ3v) is 5.26. The molecule has 1 unspecified atom stereocenters. The van der Waals surface area contributed by atoms with Crippen molar-refractivity contribution in [1.29, 1.82) is 0 Å². The van der Waals surface area contributed by atoms with Gasteiger partial charge in [0, 0.05) is 17.5 Å². The minimum Gasteiger partial charge on any atom is -0.337 e. The van der Waals surface area contributed by atoms with E-state index in [0.717, 1.165) is 35.9 Å². The standard InChI is InChI=1S/C20H22INO/c1-2-14-22-15-16-8-6-7-11-18(16)20(12-13-21,19(22)23)17-9-4-3-5-10-17/h3-11H,2,12-15H2,1H3. The van der Waals surface area contributed by atoms with E-state index in [-0.39, 0.29) is 5.91 Å². The number of hydrogen-bond acceptors (Lipinski definition) is 1. The molecule has 3 rings (SSSR count). The van der Waals surface area contributed by atoms with Crippen LogP contribution < -0.4 is 0 Å². The Morgan fingerprint density at radius 1 is 1.09 bits per heavy atom. The molecule has 2 aromatic rings. The highest BCUT2D eigenvalue weighted by molar-refractivity contribution is 14.1. The molecule has 0 fully saturated rings. The summed E-state index contributed by atoms with van der Waals surface area (Å²) < 4.78 is 0.951. The zero-order valence-corrected chi connectivity index (χ0v) is 15.6. The first kappa shape index (κ1) is 16.5. The normalized spacial score (nSPS) is 20.4. The molecule has 0 spiro atoms. The number of benzene rings is 2. The molecule has 0 aromatic heterocycles. The SMILES string of the molecule is CCCN1Cc2ccccc2C(CCI)(c2ccccc2)C1=O. The van der Waals surface area contributed by atoms with Crippen molar-refractivity contribution in [1.82, 2.24) is 4.90 Å². The van der Waals surface area contributed by atoms with Gasteiger partial charge in [-0.2, -0.15) is 0 Å². The van der Waals surface area contributed by atoms with Gasteiger partial charge in [-0.3, -0.25) is 4.79 Å². The molecule has 0 N–H and O–H groups in total. The van der Waals surface area contributed by atoms with Crippen LogP contribution in [0.25, 0.3) is 0 Å². The van der Waals surface area contributed by atoms with Crippen molar-refractivity contribution in [2.24, 2.45) is 0 Å². The molecule has 0 aliphatic carbocycles. The topological polar surface area (TPSA) is 20.3 Å². The molecular formula is C20H22INO. The van der Waals surface area contributed by atoms with E-state index in [1.165, 1.54) is 11.1 Å². The Bertz CT molecular complexity index is 685. The summed E-state index contributed by atoms with van der Waals surface area (Å²) in [5.74, 6) is 0.265. The number of hydrogen-bond donors (Lipinski definition) is 0. The predicted octanol–water partition coefficient (Wildman–Crippen LogP) is 4.55. The van der Waals surface area contributed by atoms with E-state index in [2.05, 4.69) is 65.9 Å². The number of halogens is 1. The number of carbonyl (C=O) groups is 1. The second-order valence-electron chi connectivity index (χ2n) is 6.09. The average Bonchev–Trinajstić information content (AvgIpc) is 2.59. The molecule has 3 heteroatoms. The van der Waals surface area contributed by atoms with E-state index in [1.807, 2.05) is 23.1 Å². The van der Waals surface area contributed by atoms with Crippen molar-refractivity contribution in [2.75, 3.05) is 11.0 Å². The van der Waals surface area contributed by atoms with E-state index in [1.54, 1.807) is 0 Å². The quantitative estimate of drug-likeness (QED) is 0.515. The summed E-state index contributed by atoms with van der Waals surface area (Å²) in [5.41, 5.74) is 3.07. The number of nitrogens with zero attached hydrogens (tertiary/aromatic N) is 1. The van der Waals surface area contributed by atoms with Gasteiger partial charge in [0.15, 0.2) is 0 Å². The number of rotatable bonds is 5. The fraction of sp³-hybridized carbons (Fsp3) is 0.350. The van der Waals surface area contributed by atoms with Crippen LogP contribution in [0.4, 0.5) is 0 Å². The van der Waals surface area contributed by atoms with Gasteiger partial charge < -0.3 is 4.90 Å². The first-order valence-corrected chi connectivity index (χ1v) is 9.76. The summed E-state index contributed by atoms with van der Waals surface area (Å²) in [6, 6.07) is 18.8. The van der Waals surface area contributed by atoms with E-state index >= 15 is 0 Å². The fourth-order valence-electron chi connectivity index (χ4n) is 3.72. The van der Waals surface area contributed by atoms with Crippen LogP contribution in [0.5, 0.6) is 0 Å². The van der Waals surface area contributed by atoms with Crippen LogP contribution in [-0.4, -0.2) is 21.8 Å². The van der Waals surface area contributed by atoms with Gasteiger partial charge in [-0.25, -0.2) is 0 Å². The van der Waals surface area contributed by atoms with Gasteiger partial charge in [0.25, 0.3) is 0 Å². The molecule has 0 saturated heterocycles. The maximum Gasteiger partial charge on any atom is 0.238 e.